The largest absolute Gasteiger partial charge is 0.363 e. The number of primary amides is 1. The molecule has 6 nitrogen and oxygen atoms in total. The van der Waals surface area contributed by atoms with E-state index < -0.39 is 5.91 Å². The van der Waals surface area contributed by atoms with Gasteiger partial charge in [-0.25, -0.2) is 9.50 Å². The second-order valence-electron chi connectivity index (χ2n) is 3.71. The van der Waals surface area contributed by atoms with E-state index in [1.807, 2.05) is 30.3 Å². The number of aromatic nitrogens is 4. The SMILES string of the molecule is NC(=O)c1nc2c(-c3ccccc3)nccn2n1. The standard InChI is InChI=1S/C12H9N5O/c13-10(18)11-15-12-9(8-4-2-1-3-5-8)14-6-7-17(12)16-11/h1-7H,(H2,13,18). The molecule has 0 aliphatic carbocycles. The van der Waals surface area contributed by atoms with Gasteiger partial charge in [-0.1, -0.05) is 30.3 Å². The minimum atomic E-state index is -0.655. The van der Waals surface area contributed by atoms with Crippen LogP contribution < -0.4 is 5.73 Å². The maximum absolute atomic E-state index is 11.1. The summed E-state index contributed by atoms with van der Waals surface area (Å²) in [6.07, 6.45) is 3.23. The van der Waals surface area contributed by atoms with Crippen LogP contribution in [-0.2, 0) is 0 Å². The van der Waals surface area contributed by atoms with Gasteiger partial charge >= 0.3 is 0 Å². The third-order valence-electron chi connectivity index (χ3n) is 2.52. The van der Waals surface area contributed by atoms with E-state index in [2.05, 4.69) is 15.1 Å². The lowest BCUT2D eigenvalue weighted by atomic mass is 10.1. The fourth-order valence-corrected chi connectivity index (χ4v) is 1.72. The van der Waals surface area contributed by atoms with E-state index in [0.29, 0.717) is 11.3 Å². The summed E-state index contributed by atoms with van der Waals surface area (Å²) in [5.41, 5.74) is 7.25. The second-order valence-corrected chi connectivity index (χ2v) is 3.71. The number of hydrogen-bond donors (Lipinski definition) is 1. The van der Waals surface area contributed by atoms with Gasteiger partial charge in [0.2, 0.25) is 5.82 Å². The molecule has 0 bridgehead atoms. The van der Waals surface area contributed by atoms with Gasteiger partial charge in [0.05, 0.1) is 0 Å². The molecule has 0 saturated heterocycles. The summed E-state index contributed by atoms with van der Waals surface area (Å²) in [5, 5.41) is 3.99. The molecule has 0 spiro atoms. The molecule has 88 valence electrons. The van der Waals surface area contributed by atoms with Gasteiger partial charge in [-0.2, -0.15) is 0 Å². The minimum Gasteiger partial charge on any atom is -0.363 e. The van der Waals surface area contributed by atoms with Gasteiger partial charge in [0.1, 0.15) is 5.69 Å². The van der Waals surface area contributed by atoms with Crippen molar-refractivity contribution in [2.75, 3.05) is 0 Å². The molecule has 6 heteroatoms. The Kier molecular flexibility index (Phi) is 2.26. The summed E-state index contributed by atoms with van der Waals surface area (Å²) in [5.74, 6) is -0.669. The maximum Gasteiger partial charge on any atom is 0.288 e. The number of benzene rings is 1. The Hall–Kier alpha value is -2.76. The van der Waals surface area contributed by atoms with E-state index in [1.54, 1.807) is 12.4 Å². The molecule has 2 N–H and O–H groups in total. The highest BCUT2D eigenvalue weighted by Gasteiger charge is 2.13. The fraction of sp³-hybridized carbons (Fsp3) is 0. The summed E-state index contributed by atoms with van der Waals surface area (Å²) in [6, 6.07) is 9.57. The van der Waals surface area contributed by atoms with Gasteiger partial charge in [-0.05, 0) is 0 Å². The van der Waals surface area contributed by atoms with Crippen molar-refractivity contribution in [3.8, 4) is 11.3 Å². The predicted molar refractivity (Wildman–Crippen MR) is 64.7 cm³/mol. The van der Waals surface area contributed by atoms with Crippen molar-refractivity contribution in [2.45, 2.75) is 0 Å². The lowest BCUT2D eigenvalue weighted by Crippen LogP contribution is -2.12. The molecule has 0 unspecified atom stereocenters. The van der Waals surface area contributed by atoms with Crippen LogP contribution in [0.1, 0.15) is 10.6 Å². The molecule has 18 heavy (non-hydrogen) atoms. The molecule has 0 aliphatic rings. The highest BCUT2D eigenvalue weighted by atomic mass is 16.1. The summed E-state index contributed by atoms with van der Waals surface area (Å²) < 4.78 is 1.50. The molecular weight excluding hydrogens is 230 g/mol. The second kappa shape index (κ2) is 3.92. The van der Waals surface area contributed by atoms with Gasteiger partial charge < -0.3 is 5.73 Å². The Morgan fingerprint density at radius 3 is 2.72 bits per heavy atom. The van der Waals surface area contributed by atoms with Crippen molar-refractivity contribution < 1.29 is 4.79 Å². The first-order chi connectivity index (χ1) is 8.75. The number of nitrogens with zero attached hydrogens (tertiary/aromatic N) is 4. The summed E-state index contributed by atoms with van der Waals surface area (Å²) >= 11 is 0. The van der Waals surface area contributed by atoms with E-state index in [-0.39, 0.29) is 5.82 Å². The van der Waals surface area contributed by atoms with E-state index in [1.165, 1.54) is 4.52 Å². The molecule has 2 aromatic heterocycles. The number of carbonyl (C=O) groups excluding carboxylic acids is 1. The van der Waals surface area contributed by atoms with Crippen LogP contribution in [0.4, 0.5) is 0 Å². The first kappa shape index (κ1) is 10.4. The topological polar surface area (TPSA) is 86.2 Å². The molecular formula is C12H9N5O. The molecule has 1 aromatic carbocycles. The molecule has 3 rings (SSSR count). The summed E-state index contributed by atoms with van der Waals surface area (Å²) in [6.45, 7) is 0. The van der Waals surface area contributed by atoms with Crippen LogP contribution in [0, 0.1) is 0 Å². The van der Waals surface area contributed by atoms with Crippen molar-refractivity contribution in [3.63, 3.8) is 0 Å². The molecule has 0 saturated carbocycles. The summed E-state index contributed by atoms with van der Waals surface area (Å²) in [7, 11) is 0. The highest BCUT2D eigenvalue weighted by Crippen LogP contribution is 2.20. The molecule has 0 fully saturated rings. The first-order valence-corrected chi connectivity index (χ1v) is 5.32. The van der Waals surface area contributed by atoms with Crippen molar-refractivity contribution in [1.82, 2.24) is 19.6 Å². The monoisotopic (exact) mass is 239 g/mol. The van der Waals surface area contributed by atoms with Crippen molar-refractivity contribution in [2.24, 2.45) is 5.73 Å². The van der Waals surface area contributed by atoms with Gasteiger partial charge in [0.25, 0.3) is 5.91 Å². The van der Waals surface area contributed by atoms with E-state index >= 15 is 0 Å². The number of carbonyl (C=O) groups is 1. The van der Waals surface area contributed by atoms with Crippen LogP contribution in [0.15, 0.2) is 42.7 Å². The van der Waals surface area contributed by atoms with Crippen LogP contribution in [0.2, 0.25) is 0 Å². The predicted octanol–water partition coefficient (Wildman–Crippen LogP) is 0.890. The smallest absolute Gasteiger partial charge is 0.288 e. The van der Waals surface area contributed by atoms with Crippen LogP contribution in [0.25, 0.3) is 16.9 Å². The third kappa shape index (κ3) is 1.60. The first-order valence-electron chi connectivity index (χ1n) is 5.32. The molecule has 1 amide bonds. The van der Waals surface area contributed by atoms with Gasteiger partial charge in [0.15, 0.2) is 5.65 Å². The van der Waals surface area contributed by atoms with Gasteiger partial charge in [0, 0.05) is 18.0 Å². The zero-order valence-corrected chi connectivity index (χ0v) is 9.32. The Labute approximate surface area is 102 Å². The van der Waals surface area contributed by atoms with Crippen molar-refractivity contribution >= 4 is 11.6 Å². The minimum absolute atomic E-state index is 0.0137. The Morgan fingerprint density at radius 2 is 2.00 bits per heavy atom. The highest BCUT2D eigenvalue weighted by molar-refractivity contribution is 5.90. The third-order valence-corrected chi connectivity index (χ3v) is 2.52. The quantitative estimate of drug-likeness (QED) is 0.719. The molecule has 0 aliphatic heterocycles. The van der Waals surface area contributed by atoms with Crippen molar-refractivity contribution in [3.05, 3.63) is 48.5 Å². The lowest BCUT2D eigenvalue weighted by molar-refractivity contribution is 0.0990. The van der Waals surface area contributed by atoms with Crippen LogP contribution >= 0.6 is 0 Å². The van der Waals surface area contributed by atoms with Crippen LogP contribution in [0.5, 0.6) is 0 Å². The Balaban J connectivity index is 2.27. The number of nitrogens with two attached hydrogens (primary N) is 1. The molecule has 3 aromatic rings. The zero-order chi connectivity index (χ0) is 12.5. The van der Waals surface area contributed by atoms with E-state index in [4.69, 9.17) is 5.73 Å². The van der Waals surface area contributed by atoms with Crippen LogP contribution in [0.3, 0.4) is 0 Å². The maximum atomic E-state index is 11.1. The van der Waals surface area contributed by atoms with E-state index in [0.717, 1.165) is 5.56 Å². The average Bonchev–Trinajstić information content (AvgIpc) is 2.83. The lowest BCUT2D eigenvalue weighted by Gasteiger charge is -2.00. The fourth-order valence-electron chi connectivity index (χ4n) is 1.72. The van der Waals surface area contributed by atoms with Crippen LogP contribution in [-0.4, -0.2) is 25.5 Å². The normalized spacial score (nSPS) is 10.7. The van der Waals surface area contributed by atoms with Gasteiger partial charge in [-0.3, -0.25) is 9.78 Å². The number of hydrogen-bond acceptors (Lipinski definition) is 4. The average molecular weight is 239 g/mol. The number of rotatable bonds is 2. The molecule has 0 atom stereocenters. The zero-order valence-electron chi connectivity index (χ0n) is 9.32. The summed E-state index contributed by atoms with van der Waals surface area (Å²) in [4.78, 5) is 19.5. The number of amides is 1. The molecule has 0 radical (unpaired) electrons. The Morgan fingerprint density at radius 1 is 1.22 bits per heavy atom. The molecule has 2 heterocycles. The number of fused-ring (bicyclic) bond motifs is 1. The van der Waals surface area contributed by atoms with Crippen molar-refractivity contribution in [1.29, 1.82) is 0 Å². The van der Waals surface area contributed by atoms with Gasteiger partial charge in [-0.15, -0.1) is 5.10 Å². The Bertz CT molecular complexity index is 720. The van der Waals surface area contributed by atoms with E-state index in [9.17, 15) is 4.79 Å².